The van der Waals surface area contributed by atoms with Gasteiger partial charge in [-0.1, -0.05) is 42.5 Å². The van der Waals surface area contributed by atoms with Gasteiger partial charge in [0.1, 0.15) is 24.0 Å². The van der Waals surface area contributed by atoms with E-state index in [4.69, 9.17) is 15.0 Å². The predicted octanol–water partition coefficient (Wildman–Crippen LogP) is 4.54. The summed E-state index contributed by atoms with van der Waals surface area (Å²) in [5.74, 6) is -0.174. The van der Waals surface area contributed by atoms with Crippen molar-refractivity contribution in [2.24, 2.45) is 5.11 Å². The molecule has 0 radical (unpaired) electrons. The molecule has 29 heavy (non-hydrogen) atoms. The summed E-state index contributed by atoms with van der Waals surface area (Å²) >= 11 is 0. The van der Waals surface area contributed by atoms with Gasteiger partial charge >= 0.3 is 6.09 Å². The van der Waals surface area contributed by atoms with Gasteiger partial charge in [0, 0.05) is 11.3 Å². The van der Waals surface area contributed by atoms with E-state index in [1.807, 2.05) is 30.3 Å². The minimum Gasteiger partial charge on any atom is -0.489 e. The summed E-state index contributed by atoms with van der Waals surface area (Å²) in [4.78, 5) is 26.7. The first-order chi connectivity index (χ1) is 13.8. The minimum absolute atomic E-state index is 0.125. The Hall–Kier alpha value is -3.51. The van der Waals surface area contributed by atoms with E-state index in [1.165, 1.54) is 0 Å². The molecule has 0 unspecified atom stereocenters. The Morgan fingerprint density at radius 3 is 2.45 bits per heavy atom. The molecular weight excluding hydrogens is 372 g/mol. The molecule has 1 atom stereocenters. The van der Waals surface area contributed by atoms with Gasteiger partial charge in [0.15, 0.2) is 0 Å². The molecule has 2 aromatic rings. The van der Waals surface area contributed by atoms with Gasteiger partial charge in [-0.25, -0.2) is 4.79 Å². The highest BCUT2D eigenvalue weighted by molar-refractivity contribution is 5.86. The van der Waals surface area contributed by atoms with E-state index in [0.717, 1.165) is 11.1 Å². The molecule has 0 saturated carbocycles. The van der Waals surface area contributed by atoms with Gasteiger partial charge in [-0.3, -0.25) is 4.79 Å². The molecule has 0 fully saturated rings. The third-order valence-electron chi connectivity index (χ3n) is 3.72. The molecule has 2 rings (SSSR count). The molecule has 8 nitrogen and oxygen atoms in total. The van der Waals surface area contributed by atoms with Gasteiger partial charge in [0.05, 0.1) is 0 Å². The van der Waals surface area contributed by atoms with Crippen LogP contribution in [0.25, 0.3) is 10.4 Å². The van der Waals surface area contributed by atoms with Gasteiger partial charge in [0.25, 0.3) is 0 Å². The van der Waals surface area contributed by atoms with Crippen LogP contribution in [0.2, 0.25) is 0 Å². The Morgan fingerprint density at radius 2 is 1.79 bits per heavy atom. The predicted molar refractivity (Wildman–Crippen MR) is 108 cm³/mol. The van der Waals surface area contributed by atoms with Crippen molar-refractivity contribution >= 4 is 12.0 Å². The van der Waals surface area contributed by atoms with Gasteiger partial charge in [0.2, 0.25) is 5.91 Å². The Labute approximate surface area is 169 Å². The fourth-order valence-electron chi connectivity index (χ4n) is 2.50. The molecule has 0 bridgehead atoms. The fraction of sp³-hybridized carbons (Fsp3) is 0.333. The summed E-state index contributed by atoms with van der Waals surface area (Å²) in [6, 6.07) is 15.8. The van der Waals surface area contributed by atoms with Crippen molar-refractivity contribution in [3.8, 4) is 5.75 Å². The summed E-state index contributed by atoms with van der Waals surface area (Å²) in [6.07, 6.45) is -0.639. The van der Waals surface area contributed by atoms with E-state index in [2.05, 4.69) is 15.3 Å². The fourth-order valence-corrected chi connectivity index (χ4v) is 2.50. The number of azide groups is 1. The quantitative estimate of drug-likeness (QED) is 0.420. The second kappa shape index (κ2) is 10.1. The molecule has 0 aliphatic carbocycles. The summed E-state index contributed by atoms with van der Waals surface area (Å²) in [5.41, 5.74) is 9.61. The number of nitrogens with zero attached hydrogens (tertiary/aromatic N) is 3. The number of hydrogen-bond donors (Lipinski definition) is 1. The summed E-state index contributed by atoms with van der Waals surface area (Å²) in [7, 11) is 0. The van der Waals surface area contributed by atoms with Gasteiger partial charge in [-0.2, -0.15) is 0 Å². The molecule has 0 aliphatic heterocycles. The smallest absolute Gasteiger partial charge is 0.408 e. The van der Waals surface area contributed by atoms with Crippen molar-refractivity contribution in [2.75, 3.05) is 0 Å². The average molecular weight is 396 g/mol. The number of carbonyl (C=O) groups excluding carboxylic acids is 2. The summed E-state index contributed by atoms with van der Waals surface area (Å²) in [6.45, 7) is 5.54. The van der Waals surface area contributed by atoms with E-state index in [-0.39, 0.29) is 6.42 Å². The van der Waals surface area contributed by atoms with E-state index < -0.39 is 23.6 Å². The number of amides is 2. The van der Waals surface area contributed by atoms with Crippen LogP contribution in [-0.4, -0.2) is 23.6 Å². The zero-order valence-electron chi connectivity index (χ0n) is 16.7. The molecule has 8 heteroatoms. The molecule has 0 heterocycles. The molecule has 1 N–H and O–H groups in total. The van der Waals surface area contributed by atoms with Crippen LogP contribution in [0.15, 0.2) is 59.7 Å². The Morgan fingerprint density at radius 1 is 1.10 bits per heavy atom. The lowest BCUT2D eigenvalue weighted by Gasteiger charge is -2.22. The second-order valence-corrected chi connectivity index (χ2v) is 7.35. The third kappa shape index (κ3) is 7.94. The molecule has 2 amide bonds. The summed E-state index contributed by atoms with van der Waals surface area (Å²) < 4.78 is 11.0. The first-order valence-electron chi connectivity index (χ1n) is 9.11. The lowest BCUT2D eigenvalue weighted by atomic mass is 10.1. The SMILES string of the molecule is CC(C)(C)OC(=O)N[C@@H](Cc1cccc(OCc2ccccc2)c1)C(=O)N=[N+]=[N-]. The molecule has 0 spiro atoms. The van der Waals surface area contributed by atoms with Crippen LogP contribution < -0.4 is 10.1 Å². The van der Waals surface area contributed by atoms with Crippen molar-refractivity contribution in [1.82, 2.24) is 5.32 Å². The molecule has 0 aromatic heterocycles. The average Bonchev–Trinajstić information content (AvgIpc) is 2.66. The zero-order chi connectivity index (χ0) is 21.3. The van der Waals surface area contributed by atoms with E-state index in [0.29, 0.717) is 12.4 Å². The Bertz CT molecular complexity index is 887. The van der Waals surface area contributed by atoms with E-state index >= 15 is 0 Å². The van der Waals surface area contributed by atoms with Crippen molar-refractivity contribution in [2.45, 2.75) is 45.4 Å². The van der Waals surface area contributed by atoms with Crippen LogP contribution in [0, 0.1) is 0 Å². The normalized spacial score (nSPS) is 11.7. The lowest BCUT2D eigenvalue weighted by molar-refractivity contribution is -0.120. The topological polar surface area (TPSA) is 113 Å². The van der Waals surface area contributed by atoms with Crippen LogP contribution in [0.3, 0.4) is 0 Å². The van der Waals surface area contributed by atoms with Crippen LogP contribution in [0.5, 0.6) is 5.75 Å². The molecular formula is C21H24N4O4. The second-order valence-electron chi connectivity index (χ2n) is 7.35. The van der Waals surface area contributed by atoms with Crippen molar-refractivity contribution in [3.63, 3.8) is 0 Å². The first-order valence-corrected chi connectivity index (χ1v) is 9.11. The first kappa shape index (κ1) is 21.8. The molecule has 0 saturated heterocycles. The lowest BCUT2D eigenvalue weighted by Crippen LogP contribution is -2.44. The van der Waals surface area contributed by atoms with Gasteiger partial charge in [-0.15, -0.1) is 0 Å². The molecule has 152 valence electrons. The summed E-state index contributed by atoms with van der Waals surface area (Å²) in [5, 5.41) is 5.58. The third-order valence-corrected chi connectivity index (χ3v) is 3.72. The Kier molecular flexibility index (Phi) is 7.62. The molecule has 2 aromatic carbocycles. The largest absolute Gasteiger partial charge is 0.489 e. The highest BCUT2D eigenvalue weighted by atomic mass is 16.6. The van der Waals surface area contributed by atoms with Crippen LogP contribution in [0.1, 0.15) is 31.9 Å². The number of benzene rings is 2. The van der Waals surface area contributed by atoms with E-state index in [9.17, 15) is 9.59 Å². The van der Waals surface area contributed by atoms with Crippen molar-refractivity contribution < 1.29 is 19.1 Å². The zero-order valence-corrected chi connectivity index (χ0v) is 16.7. The number of carbonyl (C=O) groups is 2. The number of nitrogens with one attached hydrogen (secondary N) is 1. The van der Waals surface area contributed by atoms with Crippen molar-refractivity contribution in [1.29, 1.82) is 0 Å². The highest BCUT2D eigenvalue weighted by Gasteiger charge is 2.24. The number of alkyl carbamates (subject to hydrolysis) is 1. The van der Waals surface area contributed by atoms with E-state index in [1.54, 1.807) is 45.0 Å². The van der Waals surface area contributed by atoms with Crippen LogP contribution in [-0.2, 0) is 22.6 Å². The maximum Gasteiger partial charge on any atom is 0.408 e. The monoisotopic (exact) mass is 396 g/mol. The van der Waals surface area contributed by atoms with Gasteiger partial charge < -0.3 is 14.8 Å². The number of rotatable bonds is 7. The minimum atomic E-state index is -1.05. The maximum atomic E-state index is 12.1. The number of ether oxygens (including phenoxy) is 2. The maximum absolute atomic E-state index is 12.1. The van der Waals surface area contributed by atoms with Crippen molar-refractivity contribution in [3.05, 3.63) is 76.2 Å². The highest BCUT2D eigenvalue weighted by Crippen LogP contribution is 2.17. The number of hydrogen-bond acceptors (Lipinski definition) is 4. The van der Waals surface area contributed by atoms with Crippen LogP contribution >= 0.6 is 0 Å². The molecule has 0 aliphatic rings. The van der Waals surface area contributed by atoms with Gasteiger partial charge in [-0.05, 0) is 54.7 Å². The Balaban J connectivity index is 2.08. The standard InChI is InChI=1S/C21H24N4O4/c1-21(2,3)29-20(27)23-18(19(26)24-25-22)13-16-10-7-11-17(12-16)28-14-15-8-5-4-6-9-15/h4-12,18H,13-14H2,1-3H3,(H,23,27)/t18-/m0/s1. The van der Waals surface area contributed by atoms with Crippen LogP contribution in [0.4, 0.5) is 4.79 Å².